The third-order valence-corrected chi connectivity index (χ3v) is 6.04. The van der Waals surface area contributed by atoms with Crippen LogP contribution in [0.3, 0.4) is 0 Å². The van der Waals surface area contributed by atoms with Crippen LogP contribution in [0.5, 0.6) is 11.5 Å². The number of cyclic esters (lactones) is 1. The molecule has 0 fully saturated rings. The summed E-state index contributed by atoms with van der Waals surface area (Å²) in [6.07, 6.45) is 1.41. The molecule has 166 valence electrons. The average Bonchev–Trinajstić information content (AvgIpc) is 2.70. The maximum absolute atomic E-state index is 13.0. The van der Waals surface area contributed by atoms with Gasteiger partial charge in [-0.25, -0.2) is 4.79 Å². The highest BCUT2D eigenvalue weighted by Gasteiger charge is 2.45. The lowest BCUT2D eigenvalue weighted by Crippen LogP contribution is -2.45. The van der Waals surface area contributed by atoms with Crippen LogP contribution in [0.2, 0.25) is 0 Å². The van der Waals surface area contributed by atoms with E-state index in [-0.39, 0.29) is 35.5 Å². The highest BCUT2D eigenvalue weighted by molar-refractivity contribution is 5.88. The first kappa shape index (κ1) is 22.7. The lowest BCUT2D eigenvalue weighted by Gasteiger charge is -2.40. The Balaban J connectivity index is 1.85. The zero-order valence-corrected chi connectivity index (χ0v) is 18.9. The van der Waals surface area contributed by atoms with Gasteiger partial charge in [-0.15, -0.1) is 0 Å². The van der Waals surface area contributed by atoms with E-state index in [9.17, 15) is 15.0 Å². The van der Waals surface area contributed by atoms with Gasteiger partial charge in [-0.1, -0.05) is 52.0 Å². The number of phenols is 1. The largest absolute Gasteiger partial charge is 0.508 e. The third kappa shape index (κ3) is 5.04. The van der Waals surface area contributed by atoms with E-state index in [1.807, 2.05) is 51.1 Å². The second-order valence-electron chi connectivity index (χ2n) is 9.03. The number of esters is 1. The molecule has 2 aromatic carbocycles. The van der Waals surface area contributed by atoms with Crippen LogP contribution in [-0.2, 0) is 16.0 Å². The van der Waals surface area contributed by atoms with Gasteiger partial charge in [-0.2, -0.15) is 0 Å². The van der Waals surface area contributed by atoms with Crippen molar-refractivity contribution in [2.75, 3.05) is 0 Å². The fourth-order valence-corrected chi connectivity index (χ4v) is 3.93. The standard InChI is InChI=1S/C26H32O5/c1-16(2)21-11-6-18(5)14-23(21)30-24-22(28)15-26(17(3)4,31-25(24)29)13-12-19-7-9-20(27)10-8-19/h6-11,14,16-17,27-28H,12-13,15H2,1-5H3. The quantitative estimate of drug-likeness (QED) is 0.537. The summed E-state index contributed by atoms with van der Waals surface area (Å²) in [4.78, 5) is 13.0. The van der Waals surface area contributed by atoms with E-state index in [2.05, 4.69) is 13.8 Å². The second-order valence-corrected chi connectivity index (χ2v) is 9.03. The Bertz CT molecular complexity index is 972. The van der Waals surface area contributed by atoms with E-state index >= 15 is 0 Å². The van der Waals surface area contributed by atoms with Crippen molar-refractivity contribution in [2.45, 2.75) is 65.4 Å². The van der Waals surface area contributed by atoms with E-state index in [1.54, 1.807) is 12.1 Å². The molecular weight excluding hydrogens is 392 g/mol. The molecule has 0 bridgehead atoms. The summed E-state index contributed by atoms with van der Waals surface area (Å²) in [5.74, 6) is 0.139. The number of aliphatic hydroxyl groups excluding tert-OH is 1. The Morgan fingerprint density at radius 2 is 1.74 bits per heavy atom. The van der Waals surface area contributed by atoms with E-state index < -0.39 is 11.6 Å². The molecule has 1 unspecified atom stereocenters. The number of carbonyl (C=O) groups excluding carboxylic acids is 1. The van der Waals surface area contributed by atoms with E-state index in [0.717, 1.165) is 16.7 Å². The monoisotopic (exact) mass is 424 g/mol. The van der Waals surface area contributed by atoms with Crippen molar-refractivity contribution in [1.29, 1.82) is 0 Å². The smallest absolute Gasteiger partial charge is 0.378 e. The van der Waals surface area contributed by atoms with Gasteiger partial charge >= 0.3 is 5.97 Å². The Morgan fingerprint density at radius 3 is 2.32 bits per heavy atom. The van der Waals surface area contributed by atoms with Gasteiger partial charge in [0.05, 0.1) is 0 Å². The maximum Gasteiger partial charge on any atom is 0.378 e. The van der Waals surface area contributed by atoms with Crippen LogP contribution >= 0.6 is 0 Å². The van der Waals surface area contributed by atoms with Crippen LogP contribution < -0.4 is 4.74 Å². The molecule has 5 nitrogen and oxygen atoms in total. The van der Waals surface area contributed by atoms with E-state index in [4.69, 9.17) is 9.47 Å². The molecule has 0 saturated heterocycles. The number of phenolic OH excluding ortho intramolecular Hbond substituents is 1. The van der Waals surface area contributed by atoms with Crippen molar-refractivity contribution in [3.8, 4) is 11.5 Å². The van der Waals surface area contributed by atoms with E-state index in [1.165, 1.54) is 0 Å². The minimum absolute atomic E-state index is 0.00228. The highest BCUT2D eigenvalue weighted by atomic mass is 16.6. The first-order valence-corrected chi connectivity index (χ1v) is 10.8. The summed E-state index contributed by atoms with van der Waals surface area (Å²) >= 11 is 0. The van der Waals surface area contributed by atoms with Gasteiger partial charge in [0.2, 0.25) is 5.76 Å². The van der Waals surface area contributed by atoms with Gasteiger partial charge < -0.3 is 19.7 Å². The van der Waals surface area contributed by atoms with Crippen molar-refractivity contribution in [2.24, 2.45) is 5.92 Å². The Labute approximate surface area is 184 Å². The number of hydrogen-bond donors (Lipinski definition) is 2. The van der Waals surface area contributed by atoms with Gasteiger partial charge in [0.15, 0.2) is 0 Å². The molecule has 0 saturated carbocycles. The first-order valence-electron chi connectivity index (χ1n) is 10.8. The number of rotatable bonds is 7. The lowest BCUT2D eigenvalue weighted by atomic mass is 9.80. The molecule has 1 aliphatic heterocycles. The first-order chi connectivity index (χ1) is 14.6. The molecule has 0 spiro atoms. The number of hydrogen-bond acceptors (Lipinski definition) is 5. The summed E-state index contributed by atoms with van der Waals surface area (Å²) in [7, 11) is 0. The van der Waals surface area contributed by atoms with Crippen molar-refractivity contribution < 1.29 is 24.5 Å². The van der Waals surface area contributed by atoms with Gasteiger partial charge in [-0.05, 0) is 66.5 Å². The van der Waals surface area contributed by atoms with Crippen LogP contribution in [0.4, 0.5) is 0 Å². The molecule has 5 heteroatoms. The zero-order chi connectivity index (χ0) is 22.8. The third-order valence-electron chi connectivity index (χ3n) is 6.04. The molecule has 0 aliphatic carbocycles. The molecule has 3 rings (SSSR count). The molecule has 0 amide bonds. The van der Waals surface area contributed by atoms with Crippen LogP contribution in [0.1, 0.15) is 63.1 Å². The van der Waals surface area contributed by atoms with Gasteiger partial charge in [0.25, 0.3) is 0 Å². The second kappa shape index (κ2) is 9.04. The molecule has 31 heavy (non-hydrogen) atoms. The normalized spacial score (nSPS) is 19.1. The molecule has 0 aromatic heterocycles. The molecule has 1 heterocycles. The molecule has 2 N–H and O–H groups in total. The number of aryl methyl sites for hydroxylation is 2. The SMILES string of the molecule is Cc1ccc(C(C)C)c(OC2=C(O)CC(CCc3ccc(O)cc3)(C(C)C)OC2=O)c1. The Morgan fingerprint density at radius 1 is 1.06 bits per heavy atom. The summed E-state index contributed by atoms with van der Waals surface area (Å²) in [5.41, 5.74) is 2.18. The maximum atomic E-state index is 13.0. The summed E-state index contributed by atoms with van der Waals surface area (Å²) in [6, 6.07) is 12.8. The number of ether oxygens (including phenoxy) is 2. The Kier molecular flexibility index (Phi) is 6.63. The predicted octanol–water partition coefficient (Wildman–Crippen LogP) is 5.95. The van der Waals surface area contributed by atoms with Crippen LogP contribution in [0, 0.1) is 12.8 Å². The van der Waals surface area contributed by atoms with Gasteiger partial charge in [0, 0.05) is 6.42 Å². The fraction of sp³-hybridized carbons (Fsp3) is 0.423. The van der Waals surface area contributed by atoms with Crippen LogP contribution in [0.15, 0.2) is 54.0 Å². The highest BCUT2D eigenvalue weighted by Crippen LogP contribution is 2.40. The minimum atomic E-state index is -0.820. The van der Waals surface area contributed by atoms with Gasteiger partial charge in [0.1, 0.15) is 22.9 Å². The molecule has 2 aromatic rings. The summed E-state index contributed by atoms with van der Waals surface area (Å²) in [6.45, 7) is 10.0. The molecular formula is C26H32O5. The average molecular weight is 425 g/mol. The van der Waals surface area contributed by atoms with Crippen LogP contribution in [0.25, 0.3) is 0 Å². The predicted molar refractivity (Wildman–Crippen MR) is 120 cm³/mol. The Hall–Kier alpha value is -2.95. The van der Waals surface area contributed by atoms with E-state index in [0.29, 0.717) is 18.6 Å². The molecule has 1 atom stereocenters. The zero-order valence-electron chi connectivity index (χ0n) is 18.9. The van der Waals surface area contributed by atoms with Crippen molar-refractivity contribution in [3.05, 3.63) is 70.7 Å². The van der Waals surface area contributed by atoms with Gasteiger partial charge in [-0.3, -0.25) is 0 Å². The van der Waals surface area contributed by atoms with Crippen molar-refractivity contribution in [3.63, 3.8) is 0 Å². The van der Waals surface area contributed by atoms with Crippen LogP contribution in [-0.4, -0.2) is 21.8 Å². The summed E-state index contributed by atoms with van der Waals surface area (Å²) < 4.78 is 11.9. The molecule has 0 radical (unpaired) electrons. The number of benzene rings is 2. The number of aromatic hydroxyl groups is 1. The van der Waals surface area contributed by atoms with Crippen molar-refractivity contribution >= 4 is 5.97 Å². The minimum Gasteiger partial charge on any atom is -0.508 e. The lowest BCUT2D eigenvalue weighted by molar-refractivity contribution is -0.169. The topological polar surface area (TPSA) is 76.0 Å². The number of carbonyl (C=O) groups is 1. The van der Waals surface area contributed by atoms with Crippen molar-refractivity contribution in [1.82, 2.24) is 0 Å². The number of aliphatic hydroxyl groups is 1. The fourth-order valence-electron chi connectivity index (χ4n) is 3.93. The summed E-state index contributed by atoms with van der Waals surface area (Å²) in [5, 5.41) is 20.3. The molecule has 1 aliphatic rings.